The van der Waals surface area contributed by atoms with Crippen LogP contribution in [0.25, 0.3) is 0 Å². The monoisotopic (exact) mass is 505 g/mol. The number of hydrogen-bond acceptors (Lipinski definition) is 2. The highest BCUT2D eigenvalue weighted by Crippen LogP contribution is 2.23. The van der Waals surface area contributed by atoms with Crippen LogP contribution in [0.15, 0.2) is 12.4 Å². The van der Waals surface area contributed by atoms with E-state index in [1.54, 1.807) is 0 Å². The second kappa shape index (κ2) is 26.0. The molecule has 0 aliphatic carbocycles. The molecule has 0 saturated carbocycles. The standard InChI is InChI=1S/C34H68N2/c1-4-7-10-13-14-15-16-17-18-19-20-21-22-23-24-25-28-31-36-33-32-35(30-27-12-9-6-3)34(36)29-26-11-8-5-2/h32-34H,4-31H2,1-3H3. The van der Waals surface area contributed by atoms with E-state index in [1.807, 2.05) is 0 Å². The van der Waals surface area contributed by atoms with E-state index in [-0.39, 0.29) is 0 Å². The van der Waals surface area contributed by atoms with Crippen molar-refractivity contribution in [2.45, 2.75) is 194 Å². The van der Waals surface area contributed by atoms with Crippen LogP contribution >= 0.6 is 0 Å². The third-order valence-corrected chi connectivity index (χ3v) is 8.32. The van der Waals surface area contributed by atoms with Crippen LogP contribution in [0.1, 0.15) is 188 Å². The fourth-order valence-electron chi connectivity index (χ4n) is 5.83. The molecule has 0 aromatic heterocycles. The molecule has 1 atom stereocenters. The summed E-state index contributed by atoms with van der Waals surface area (Å²) in [5.74, 6) is 0. The first-order valence-electron chi connectivity index (χ1n) is 17.0. The maximum atomic E-state index is 2.68. The van der Waals surface area contributed by atoms with E-state index >= 15 is 0 Å². The van der Waals surface area contributed by atoms with Crippen LogP contribution in [0.5, 0.6) is 0 Å². The van der Waals surface area contributed by atoms with Gasteiger partial charge in [0, 0.05) is 25.5 Å². The Kier molecular flexibility index (Phi) is 24.1. The van der Waals surface area contributed by atoms with Gasteiger partial charge in [-0.15, -0.1) is 0 Å². The van der Waals surface area contributed by atoms with Crippen LogP contribution in [-0.2, 0) is 0 Å². The zero-order valence-corrected chi connectivity index (χ0v) is 25.4. The summed E-state index contributed by atoms with van der Waals surface area (Å²) >= 11 is 0. The van der Waals surface area contributed by atoms with Gasteiger partial charge in [0.05, 0.1) is 0 Å². The molecule has 0 amide bonds. The van der Waals surface area contributed by atoms with Crippen LogP contribution < -0.4 is 0 Å². The van der Waals surface area contributed by atoms with Gasteiger partial charge in [-0.2, -0.15) is 0 Å². The fraction of sp³-hybridized carbons (Fsp3) is 0.941. The summed E-state index contributed by atoms with van der Waals surface area (Å²) in [4.78, 5) is 5.34. The van der Waals surface area contributed by atoms with Crippen molar-refractivity contribution in [3.63, 3.8) is 0 Å². The number of unbranched alkanes of at least 4 members (excludes halogenated alkanes) is 22. The van der Waals surface area contributed by atoms with Gasteiger partial charge in [0.2, 0.25) is 0 Å². The van der Waals surface area contributed by atoms with Gasteiger partial charge in [-0.3, -0.25) is 0 Å². The fourth-order valence-corrected chi connectivity index (χ4v) is 5.83. The lowest BCUT2D eigenvalue weighted by Crippen LogP contribution is -2.39. The van der Waals surface area contributed by atoms with Crippen LogP contribution in [0.2, 0.25) is 0 Å². The average molecular weight is 505 g/mol. The minimum Gasteiger partial charge on any atom is -0.356 e. The van der Waals surface area contributed by atoms with Crippen molar-refractivity contribution in [3.8, 4) is 0 Å². The molecule has 0 spiro atoms. The van der Waals surface area contributed by atoms with Gasteiger partial charge >= 0.3 is 0 Å². The molecular formula is C34H68N2. The van der Waals surface area contributed by atoms with Crippen LogP contribution in [0.4, 0.5) is 0 Å². The van der Waals surface area contributed by atoms with E-state index in [0.717, 1.165) is 0 Å². The van der Waals surface area contributed by atoms with Gasteiger partial charge in [-0.1, -0.05) is 162 Å². The van der Waals surface area contributed by atoms with Crippen LogP contribution in [-0.4, -0.2) is 29.1 Å². The first-order chi connectivity index (χ1) is 17.8. The number of hydrogen-bond donors (Lipinski definition) is 0. The van der Waals surface area contributed by atoms with E-state index in [2.05, 4.69) is 43.0 Å². The SMILES string of the molecule is CCCCCCCCCCCCCCCCCCCN1C=CN(CCCCCC)C1CCCCCC. The maximum Gasteiger partial charge on any atom is 0.101 e. The molecule has 1 unspecified atom stereocenters. The lowest BCUT2D eigenvalue weighted by atomic mass is 10.0. The largest absolute Gasteiger partial charge is 0.356 e. The molecule has 1 heterocycles. The Labute approximate surface area is 229 Å². The summed E-state index contributed by atoms with van der Waals surface area (Å²) in [6.45, 7) is 9.46. The molecule has 2 nitrogen and oxygen atoms in total. The normalized spacial score (nSPS) is 15.5. The van der Waals surface area contributed by atoms with E-state index in [1.165, 1.54) is 180 Å². The van der Waals surface area contributed by atoms with Crippen LogP contribution in [0, 0.1) is 0 Å². The van der Waals surface area contributed by atoms with Crippen molar-refractivity contribution in [1.82, 2.24) is 9.80 Å². The molecule has 36 heavy (non-hydrogen) atoms. The molecular weight excluding hydrogens is 436 g/mol. The molecule has 0 aromatic rings. The minimum absolute atomic E-state index is 0.643. The molecule has 1 aliphatic rings. The third kappa shape index (κ3) is 18.6. The summed E-state index contributed by atoms with van der Waals surface area (Å²) in [5.41, 5.74) is 0. The predicted molar refractivity (Wildman–Crippen MR) is 163 cm³/mol. The topological polar surface area (TPSA) is 6.48 Å². The highest BCUT2D eigenvalue weighted by molar-refractivity contribution is 4.97. The Hall–Kier alpha value is -0.660. The lowest BCUT2D eigenvalue weighted by Gasteiger charge is -2.33. The van der Waals surface area contributed by atoms with Crippen molar-refractivity contribution in [1.29, 1.82) is 0 Å². The zero-order chi connectivity index (χ0) is 25.9. The van der Waals surface area contributed by atoms with E-state index in [4.69, 9.17) is 0 Å². The van der Waals surface area contributed by atoms with E-state index < -0.39 is 0 Å². The van der Waals surface area contributed by atoms with E-state index in [0.29, 0.717) is 6.17 Å². The molecule has 1 aliphatic heterocycles. The van der Waals surface area contributed by atoms with Gasteiger partial charge in [-0.25, -0.2) is 0 Å². The molecule has 0 saturated heterocycles. The first-order valence-corrected chi connectivity index (χ1v) is 17.0. The van der Waals surface area contributed by atoms with Gasteiger partial charge in [0.1, 0.15) is 6.17 Å². The van der Waals surface area contributed by atoms with Crippen molar-refractivity contribution >= 4 is 0 Å². The smallest absolute Gasteiger partial charge is 0.101 e. The summed E-state index contributed by atoms with van der Waals surface area (Å²) in [6, 6.07) is 0. The lowest BCUT2D eigenvalue weighted by molar-refractivity contribution is 0.135. The number of rotatable bonds is 28. The Morgan fingerprint density at radius 3 is 1.00 bits per heavy atom. The Bertz CT molecular complexity index is 460. The highest BCUT2D eigenvalue weighted by atomic mass is 15.4. The summed E-state index contributed by atoms with van der Waals surface area (Å²) in [6.07, 6.45) is 42.5. The van der Waals surface area contributed by atoms with Crippen molar-refractivity contribution in [2.75, 3.05) is 13.1 Å². The van der Waals surface area contributed by atoms with Gasteiger partial charge in [0.15, 0.2) is 0 Å². The quantitative estimate of drug-likeness (QED) is 0.0977. The summed E-state index contributed by atoms with van der Waals surface area (Å²) < 4.78 is 0. The zero-order valence-electron chi connectivity index (χ0n) is 25.4. The third-order valence-electron chi connectivity index (χ3n) is 8.32. The summed E-state index contributed by atoms with van der Waals surface area (Å²) in [5, 5.41) is 0. The van der Waals surface area contributed by atoms with Crippen LogP contribution in [0.3, 0.4) is 0 Å². The molecule has 0 fully saturated rings. The molecule has 2 heteroatoms. The van der Waals surface area contributed by atoms with Crippen molar-refractivity contribution in [2.24, 2.45) is 0 Å². The highest BCUT2D eigenvalue weighted by Gasteiger charge is 2.24. The first kappa shape index (κ1) is 33.4. The van der Waals surface area contributed by atoms with Crippen molar-refractivity contribution < 1.29 is 0 Å². The minimum atomic E-state index is 0.643. The second-order valence-electron chi connectivity index (χ2n) is 11.8. The molecule has 0 radical (unpaired) electrons. The maximum absolute atomic E-state index is 2.68. The molecule has 1 rings (SSSR count). The molecule has 0 aromatic carbocycles. The second-order valence-corrected chi connectivity index (χ2v) is 11.8. The summed E-state index contributed by atoms with van der Waals surface area (Å²) in [7, 11) is 0. The van der Waals surface area contributed by atoms with Gasteiger partial charge in [-0.05, 0) is 25.7 Å². The molecule has 0 bridgehead atoms. The predicted octanol–water partition coefficient (Wildman–Crippen LogP) is 11.6. The number of nitrogens with zero attached hydrogens (tertiary/aromatic N) is 2. The van der Waals surface area contributed by atoms with E-state index in [9.17, 15) is 0 Å². The molecule has 0 N–H and O–H groups in total. The Balaban J connectivity index is 2.00. The molecule has 214 valence electrons. The Morgan fingerprint density at radius 1 is 0.361 bits per heavy atom. The van der Waals surface area contributed by atoms with Crippen molar-refractivity contribution in [3.05, 3.63) is 12.4 Å². The Morgan fingerprint density at radius 2 is 0.639 bits per heavy atom. The van der Waals surface area contributed by atoms with Gasteiger partial charge in [0.25, 0.3) is 0 Å². The van der Waals surface area contributed by atoms with Gasteiger partial charge < -0.3 is 9.80 Å². The average Bonchev–Trinajstić information content (AvgIpc) is 3.27.